The Balaban J connectivity index is 1.53. The van der Waals surface area contributed by atoms with E-state index in [0.29, 0.717) is 27.6 Å². The van der Waals surface area contributed by atoms with Crippen LogP contribution in [0, 0.1) is 0 Å². The molecule has 11 heteroatoms. The van der Waals surface area contributed by atoms with E-state index in [1.807, 2.05) is 0 Å². The number of carbonyl (C=O) groups excluding carboxylic acids is 2. The average Bonchev–Trinajstić information content (AvgIpc) is 3.21. The van der Waals surface area contributed by atoms with Gasteiger partial charge < -0.3 is 14.6 Å². The topological polar surface area (TPSA) is 135 Å². The van der Waals surface area contributed by atoms with Crippen molar-refractivity contribution >= 4 is 34.5 Å². The number of nitrogens with one attached hydrogen (secondary N) is 2. The van der Waals surface area contributed by atoms with Gasteiger partial charge in [-0.2, -0.15) is 5.10 Å². The van der Waals surface area contributed by atoms with Crippen LogP contribution < -0.4 is 20.2 Å². The number of amides is 2. The number of carbonyl (C=O) groups is 2. The highest BCUT2D eigenvalue weighted by Gasteiger charge is 2.13. The van der Waals surface area contributed by atoms with E-state index in [1.165, 1.54) is 13.3 Å². The van der Waals surface area contributed by atoms with E-state index in [0.717, 1.165) is 11.3 Å². The highest BCUT2D eigenvalue weighted by molar-refractivity contribution is 7.15. The minimum absolute atomic E-state index is 0.0719. The molecule has 1 aromatic heterocycles. The molecular weight excluding hydrogens is 422 g/mol. The number of aromatic hydroxyl groups is 1. The summed E-state index contributed by atoms with van der Waals surface area (Å²) in [6, 6.07) is 11.5. The summed E-state index contributed by atoms with van der Waals surface area (Å²) in [6.45, 7) is 0. The Hall–Kier alpha value is -3.99. The summed E-state index contributed by atoms with van der Waals surface area (Å²) in [6.07, 6.45) is 1.23. The normalized spacial score (nSPS) is 10.6. The molecule has 0 aliphatic carbocycles. The van der Waals surface area contributed by atoms with Crippen molar-refractivity contribution in [2.45, 2.75) is 6.42 Å². The van der Waals surface area contributed by atoms with Gasteiger partial charge in [0.2, 0.25) is 11.0 Å². The summed E-state index contributed by atoms with van der Waals surface area (Å²) in [7, 11) is 2.98. The Bertz CT molecular complexity index is 1100. The number of phenols is 1. The van der Waals surface area contributed by atoms with Gasteiger partial charge in [0.25, 0.3) is 5.91 Å². The van der Waals surface area contributed by atoms with E-state index in [-0.39, 0.29) is 23.2 Å². The van der Waals surface area contributed by atoms with E-state index in [1.54, 1.807) is 49.6 Å². The zero-order valence-corrected chi connectivity index (χ0v) is 17.5. The largest absolute Gasteiger partial charge is 0.504 e. The fourth-order valence-corrected chi connectivity index (χ4v) is 3.18. The van der Waals surface area contributed by atoms with Crippen molar-refractivity contribution in [3.8, 4) is 17.2 Å². The van der Waals surface area contributed by atoms with Gasteiger partial charge >= 0.3 is 0 Å². The van der Waals surface area contributed by atoms with Crippen LogP contribution in [0.5, 0.6) is 17.2 Å². The molecule has 10 nitrogen and oxygen atoms in total. The van der Waals surface area contributed by atoms with Crippen molar-refractivity contribution in [1.29, 1.82) is 0 Å². The fourth-order valence-electron chi connectivity index (χ4n) is 2.45. The van der Waals surface area contributed by atoms with E-state index in [9.17, 15) is 14.7 Å². The van der Waals surface area contributed by atoms with Crippen molar-refractivity contribution < 1.29 is 24.2 Å². The molecule has 2 amide bonds. The van der Waals surface area contributed by atoms with Crippen LogP contribution in [0.25, 0.3) is 0 Å². The highest BCUT2D eigenvalue weighted by Crippen LogP contribution is 2.27. The number of phenolic OH excluding ortho intramolecular Hbond substituents is 1. The van der Waals surface area contributed by atoms with Gasteiger partial charge in [-0.05, 0) is 36.4 Å². The first kappa shape index (κ1) is 21.7. The van der Waals surface area contributed by atoms with Gasteiger partial charge in [-0.25, -0.2) is 5.43 Å². The molecule has 31 heavy (non-hydrogen) atoms. The number of rotatable bonds is 8. The maximum Gasteiger partial charge on any atom is 0.257 e. The zero-order valence-electron chi connectivity index (χ0n) is 16.7. The lowest BCUT2D eigenvalue weighted by Gasteiger charge is -2.04. The molecule has 0 spiro atoms. The maximum absolute atomic E-state index is 12.3. The Labute approximate surface area is 181 Å². The molecule has 3 rings (SSSR count). The van der Waals surface area contributed by atoms with E-state index in [4.69, 9.17) is 9.47 Å². The van der Waals surface area contributed by atoms with Crippen LogP contribution >= 0.6 is 11.3 Å². The number of methoxy groups -OCH3 is 2. The number of benzene rings is 2. The van der Waals surface area contributed by atoms with E-state index >= 15 is 0 Å². The molecule has 0 fully saturated rings. The molecule has 0 atom stereocenters. The van der Waals surface area contributed by atoms with Gasteiger partial charge in [0.05, 0.1) is 26.9 Å². The van der Waals surface area contributed by atoms with Gasteiger partial charge in [0.1, 0.15) is 10.8 Å². The van der Waals surface area contributed by atoms with Gasteiger partial charge in [0, 0.05) is 11.1 Å². The lowest BCUT2D eigenvalue weighted by atomic mass is 10.2. The minimum Gasteiger partial charge on any atom is -0.504 e. The first-order valence-electron chi connectivity index (χ1n) is 8.96. The van der Waals surface area contributed by atoms with E-state index in [2.05, 4.69) is 26.0 Å². The van der Waals surface area contributed by atoms with Crippen LogP contribution in [0.3, 0.4) is 0 Å². The van der Waals surface area contributed by atoms with Crippen molar-refractivity contribution in [1.82, 2.24) is 15.6 Å². The Kier molecular flexibility index (Phi) is 7.12. The van der Waals surface area contributed by atoms with Crippen LogP contribution in [0.2, 0.25) is 0 Å². The van der Waals surface area contributed by atoms with Crippen LogP contribution in [0.1, 0.15) is 20.9 Å². The van der Waals surface area contributed by atoms with Gasteiger partial charge in [-0.1, -0.05) is 17.4 Å². The summed E-state index contributed by atoms with van der Waals surface area (Å²) in [5.74, 6) is 0.0862. The predicted octanol–water partition coefficient (Wildman–Crippen LogP) is 2.21. The summed E-state index contributed by atoms with van der Waals surface area (Å²) < 4.78 is 10.1. The minimum atomic E-state index is -0.428. The first-order chi connectivity index (χ1) is 15.0. The van der Waals surface area contributed by atoms with Crippen molar-refractivity contribution in [3.05, 3.63) is 58.6 Å². The lowest BCUT2D eigenvalue weighted by molar-refractivity contribution is -0.120. The van der Waals surface area contributed by atoms with Crippen molar-refractivity contribution in [2.75, 3.05) is 19.5 Å². The number of ether oxygens (including phenoxy) is 2. The number of aromatic nitrogens is 2. The third-order valence-electron chi connectivity index (χ3n) is 3.99. The van der Waals surface area contributed by atoms with Gasteiger partial charge in [-0.15, -0.1) is 10.2 Å². The lowest BCUT2D eigenvalue weighted by Crippen LogP contribution is -2.19. The molecule has 0 unspecified atom stereocenters. The number of hydrogen-bond acceptors (Lipinski definition) is 9. The van der Waals surface area contributed by atoms with E-state index < -0.39 is 5.91 Å². The Morgan fingerprint density at radius 3 is 2.61 bits per heavy atom. The second-order valence-corrected chi connectivity index (χ2v) is 7.11. The summed E-state index contributed by atoms with van der Waals surface area (Å²) in [5.41, 5.74) is 3.17. The molecule has 160 valence electrons. The molecule has 1 heterocycles. The SMILES string of the molecule is COc1ccc(C(=O)Nc2nnc(CC(=O)NN=Cc3cccc(OC)c3O)s2)cc1. The molecule has 3 aromatic rings. The third kappa shape index (κ3) is 5.76. The molecule has 0 aliphatic rings. The quantitative estimate of drug-likeness (QED) is 0.360. The van der Waals surface area contributed by atoms with Crippen LogP contribution in [-0.4, -0.2) is 47.6 Å². The smallest absolute Gasteiger partial charge is 0.257 e. The standard InChI is InChI=1S/C20H19N5O5S/c1-29-14-8-6-12(7-9-14)19(28)22-20-25-24-17(31-20)10-16(26)23-21-11-13-4-3-5-15(30-2)18(13)27/h3-9,11,27H,10H2,1-2H3,(H,23,26)(H,22,25,28). The summed E-state index contributed by atoms with van der Waals surface area (Å²) >= 11 is 1.08. The predicted molar refractivity (Wildman–Crippen MR) is 115 cm³/mol. The average molecular weight is 441 g/mol. The fraction of sp³-hybridized carbons (Fsp3) is 0.150. The molecule has 0 aliphatic heterocycles. The number of para-hydroxylation sites is 1. The molecule has 0 bridgehead atoms. The number of anilines is 1. The second kappa shape index (κ2) is 10.2. The molecule has 0 saturated heterocycles. The Morgan fingerprint density at radius 2 is 1.90 bits per heavy atom. The Morgan fingerprint density at radius 1 is 1.13 bits per heavy atom. The second-order valence-electron chi connectivity index (χ2n) is 6.05. The zero-order chi connectivity index (χ0) is 22.2. The molecule has 3 N–H and O–H groups in total. The molecule has 2 aromatic carbocycles. The van der Waals surface area contributed by atoms with Crippen molar-refractivity contribution in [2.24, 2.45) is 5.10 Å². The monoisotopic (exact) mass is 441 g/mol. The van der Waals surface area contributed by atoms with Crippen LogP contribution in [-0.2, 0) is 11.2 Å². The third-order valence-corrected chi connectivity index (χ3v) is 4.83. The highest BCUT2D eigenvalue weighted by atomic mass is 32.1. The summed E-state index contributed by atoms with van der Waals surface area (Å²) in [4.78, 5) is 24.3. The number of hydrogen-bond donors (Lipinski definition) is 3. The van der Waals surface area contributed by atoms with Gasteiger partial charge in [-0.3, -0.25) is 14.9 Å². The van der Waals surface area contributed by atoms with Crippen LogP contribution in [0.4, 0.5) is 5.13 Å². The maximum atomic E-state index is 12.3. The summed E-state index contributed by atoms with van der Waals surface area (Å²) in [5, 5.41) is 24.9. The number of nitrogens with zero attached hydrogens (tertiary/aromatic N) is 3. The van der Waals surface area contributed by atoms with Crippen molar-refractivity contribution in [3.63, 3.8) is 0 Å². The molecule has 0 saturated carbocycles. The molecular formula is C20H19N5O5S. The number of hydrazone groups is 1. The molecule has 0 radical (unpaired) electrons. The first-order valence-corrected chi connectivity index (χ1v) is 9.77. The van der Waals surface area contributed by atoms with Gasteiger partial charge in [0.15, 0.2) is 11.5 Å². The van der Waals surface area contributed by atoms with Crippen LogP contribution in [0.15, 0.2) is 47.6 Å².